The van der Waals surface area contributed by atoms with Crippen molar-refractivity contribution in [2.24, 2.45) is 0 Å². The van der Waals surface area contributed by atoms with Gasteiger partial charge in [0, 0.05) is 20.3 Å². The van der Waals surface area contributed by atoms with Crippen molar-refractivity contribution in [3.05, 3.63) is 36.0 Å². The van der Waals surface area contributed by atoms with Crippen LogP contribution < -0.4 is 10.6 Å². The Hall–Kier alpha value is -2.35. The Morgan fingerprint density at radius 1 is 1.24 bits per heavy atom. The lowest BCUT2D eigenvalue weighted by Crippen LogP contribution is -2.09. The molecule has 2 N–H and O–H groups in total. The van der Waals surface area contributed by atoms with Crippen LogP contribution in [0, 0.1) is 11.6 Å². The number of hydrogen-bond donors (Lipinski definition) is 2. The Morgan fingerprint density at radius 2 is 2.00 bits per heavy atom. The van der Waals surface area contributed by atoms with E-state index in [0.29, 0.717) is 19.0 Å². The number of nitrogens with one attached hydrogen (secondary N) is 2. The quantitative estimate of drug-likeness (QED) is 0.764. The van der Waals surface area contributed by atoms with Gasteiger partial charge < -0.3 is 15.4 Å². The maximum absolute atomic E-state index is 13.5. The summed E-state index contributed by atoms with van der Waals surface area (Å²) in [6.07, 6.45) is 2.22. The van der Waals surface area contributed by atoms with Gasteiger partial charge >= 0.3 is 0 Å². The second-order valence-corrected chi connectivity index (χ2v) is 4.16. The van der Waals surface area contributed by atoms with Crippen LogP contribution >= 0.6 is 0 Å². The standard InChI is InChI=1S/C13H15F2N5O/c1-21-7-3-6-16-11-8-17-20-13(18-11)19-12-9(14)4-2-5-10(12)15/h2,4-5,8H,3,6-7H2,1H3,(H2,16,18,19,20). The molecule has 0 saturated heterocycles. The molecule has 112 valence electrons. The Morgan fingerprint density at radius 3 is 2.71 bits per heavy atom. The van der Waals surface area contributed by atoms with Crippen molar-refractivity contribution in [3.8, 4) is 0 Å². The largest absolute Gasteiger partial charge is 0.385 e. The number of rotatable bonds is 7. The third kappa shape index (κ3) is 4.32. The van der Waals surface area contributed by atoms with E-state index in [0.717, 1.165) is 18.6 Å². The van der Waals surface area contributed by atoms with Gasteiger partial charge in [0.2, 0.25) is 5.95 Å². The summed E-state index contributed by atoms with van der Waals surface area (Å²) in [5.74, 6) is -0.981. The highest BCUT2D eigenvalue weighted by Gasteiger charge is 2.10. The summed E-state index contributed by atoms with van der Waals surface area (Å²) in [4.78, 5) is 4.08. The molecular formula is C13H15F2N5O. The second-order valence-electron chi connectivity index (χ2n) is 4.16. The monoisotopic (exact) mass is 295 g/mol. The smallest absolute Gasteiger partial charge is 0.249 e. The fourth-order valence-corrected chi connectivity index (χ4v) is 1.60. The fraction of sp³-hybridized carbons (Fsp3) is 0.308. The highest BCUT2D eigenvalue weighted by molar-refractivity contribution is 5.55. The lowest BCUT2D eigenvalue weighted by atomic mass is 10.3. The predicted octanol–water partition coefficient (Wildman–Crippen LogP) is 2.34. The van der Waals surface area contributed by atoms with E-state index in [4.69, 9.17) is 4.74 Å². The zero-order valence-electron chi connectivity index (χ0n) is 11.4. The molecule has 21 heavy (non-hydrogen) atoms. The van der Waals surface area contributed by atoms with E-state index in [-0.39, 0.29) is 11.6 Å². The third-order valence-electron chi connectivity index (χ3n) is 2.59. The summed E-state index contributed by atoms with van der Waals surface area (Å²) in [5, 5.41) is 12.9. The molecule has 0 amide bonds. The van der Waals surface area contributed by atoms with E-state index >= 15 is 0 Å². The Kier molecular flexibility index (Phi) is 5.33. The summed E-state index contributed by atoms with van der Waals surface area (Å²) in [5.41, 5.74) is -0.309. The first-order valence-corrected chi connectivity index (χ1v) is 6.34. The van der Waals surface area contributed by atoms with Gasteiger partial charge in [-0.15, -0.1) is 5.10 Å². The van der Waals surface area contributed by atoms with Gasteiger partial charge in [0.15, 0.2) is 5.82 Å². The minimum atomic E-state index is -0.725. The molecular weight excluding hydrogens is 280 g/mol. The molecule has 1 aromatic carbocycles. The van der Waals surface area contributed by atoms with Crippen molar-refractivity contribution >= 4 is 17.5 Å². The Labute approximate surface area is 120 Å². The molecule has 0 aliphatic rings. The zero-order chi connectivity index (χ0) is 15.1. The van der Waals surface area contributed by atoms with Crippen LogP contribution in [-0.2, 0) is 4.74 Å². The number of aromatic nitrogens is 3. The highest BCUT2D eigenvalue weighted by atomic mass is 19.1. The van der Waals surface area contributed by atoms with E-state index in [1.807, 2.05) is 0 Å². The van der Waals surface area contributed by atoms with Gasteiger partial charge in [0.05, 0.1) is 6.20 Å². The molecule has 0 unspecified atom stereocenters. The van der Waals surface area contributed by atoms with E-state index < -0.39 is 11.6 Å². The number of nitrogens with zero attached hydrogens (tertiary/aromatic N) is 3. The van der Waals surface area contributed by atoms with Gasteiger partial charge in [0.25, 0.3) is 0 Å². The average molecular weight is 295 g/mol. The fourth-order valence-electron chi connectivity index (χ4n) is 1.60. The molecule has 1 aromatic heterocycles. The summed E-state index contributed by atoms with van der Waals surface area (Å²) in [7, 11) is 1.62. The van der Waals surface area contributed by atoms with Gasteiger partial charge in [-0.25, -0.2) is 8.78 Å². The summed E-state index contributed by atoms with van der Waals surface area (Å²) in [6, 6.07) is 3.57. The first-order chi connectivity index (χ1) is 10.2. The molecule has 1 heterocycles. The van der Waals surface area contributed by atoms with Crippen LogP contribution in [0.4, 0.5) is 26.2 Å². The van der Waals surface area contributed by atoms with Crippen LogP contribution in [0.5, 0.6) is 0 Å². The molecule has 0 fully saturated rings. The highest BCUT2D eigenvalue weighted by Crippen LogP contribution is 2.21. The maximum Gasteiger partial charge on any atom is 0.249 e. The first kappa shape index (κ1) is 15.0. The molecule has 2 aromatic rings. The summed E-state index contributed by atoms with van der Waals surface area (Å²) < 4.78 is 32.0. The molecule has 2 rings (SSSR count). The van der Waals surface area contributed by atoms with Crippen molar-refractivity contribution in [2.75, 3.05) is 30.9 Å². The van der Waals surface area contributed by atoms with E-state index in [2.05, 4.69) is 25.8 Å². The number of para-hydroxylation sites is 1. The van der Waals surface area contributed by atoms with Crippen LogP contribution in [0.3, 0.4) is 0 Å². The van der Waals surface area contributed by atoms with Crippen molar-refractivity contribution < 1.29 is 13.5 Å². The van der Waals surface area contributed by atoms with Crippen LogP contribution in [0.15, 0.2) is 24.4 Å². The van der Waals surface area contributed by atoms with Crippen molar-refractivity contribution in [2.45, 2.75) is 6.42 Å². The van der Waals surface area contributed by atoms with Crippen molar-refractivity contribution in [1.29, 1.82) is 0 Å². The van der Waals surface area contributed by atoms with Crippen LogP contribution in [-0.4, -0.2) is 35.4 Å². The number of methoxy groups -OCH3 is 1. The van der Waals surface area contributed by atoms with Crippen molar-refractivity contribution in [1.82, 2.24) is 15.2 Å². The molecule has 8 heteroatoms. The SMILES string of the molecule is COCCCNc1cnnc(Nc2c(F)cccc2F)n1. The molecule has 0 atom stereocenters. The predicted molar refractivity (Wildman–Crippen MR) is 74.5 cm³/mol. The number of halogens is 2. The average Bonchev–Trinajstić information content (AvgIpc) is 2.48. The van der Waals surface area contributed by atoms with Crippen LogP contribution in [0.25, 0.3) is 0 Å². The van der Waals surface area contributed by atoms with E-state index in [1.165, 1.54) is 12.3 Å². The number of benzene rings is 1. The Balaban J connectivity index is 2.04. The Bertz CT molecular complexity index is 576. The van der Waals surface area contributed by atoms with E-state index in [9.17, 15) is 8.78 Å². The minimum Gasteiger partial charge on any atom is -0.385 e. The first-order valence-electron chi connectivity index (χ1n) is 6.34. The number of ether oxygens (including phenoxy) is 1. The zero-order valence-corrected chi connectivity index (χ0v) is 11.4. The van der Waals surface area contributed by atoms with Crippen LogP contribution in [0.2, 0.25) is 0 Å². The van der Waals surface area contributed by atoms with Gasteiger partial charge in [-0.2, -0.15) is 10.1 Å². The topological polar surface area (TPSA) is 72.0 Å². The van der Waals surface area contributed by atoms with E-state index in [1.54, 1.807) is 7.11 Å². The van der Waals surface area contributed by atoms with Gasteiger partial charge in [-0.1, -0.05) is 6.07 Å². The molecule has 0 aliphatic heterocycles. The molecule has 0 bridgehead atoms. The molecule has 0 spiro atoms. The molecule has 0 aliphatic carbocycles. The maximum atomic E-state index is 13.5. The molecule has 0 radical (unpaired) electrons. The lowest BCUT2D eigenvalue weighted by Gasteiger charge is -2.08. The summed E-state index contributed by atoms with van der Waals surface area (Å²) in [6.45, 7) is 1.26. The number of anilines is 3. The molecule has 6 nitrogen and oxygen atoms in total. The number of hydrogen-bond acceptors (Lipinski definition) is 6. The normalized spacial score (nSPS) is 10.4. The summed E-state index contributed by atoms with van der Waals surface area (Å²) >= 11 is 0. The van der Waals surface area contributed by atoms with Gasteiger partial charge in [-0.3, -0.25) is 0 Å². The minimum absolute atomic E-state index is 0.00995. The van der Waals surface area contributed by atoms with Crippen molar-refractivity contribution in [3.63, 3.8) is 0 Å². The molecule has 0 saturated carbocycles. The van der Waals surface area contributed by atoms with Gasteiger partial charge in [0.1, 0.15) is 17.3 Å². The second kappa shape index (κ2) is 7.44. The third-order valence-corrected chi connectivity index (χ3v) is 2.59. The van der Waals surface area contributed by atoms with Gasteiger partial charge in [-0.05, 0) is 18.6 Å². The van der Waals surface area contributed by atoms with Crippen LogP contribution in [0.1, 0.15) is 6.42 Å². The lowest BCUT2D eigenvalue weighted by molar-refractivity contribution is 0.197.